The first-order valence-electron chi connectivity index (χ1n) is 14.2. The van der Waals surface area contributed by atoms with Crippen molar-refractivity contribution in [1.29, 1.82) is 0 Å². The van der Waals surface area contributed by atoms with Crippen LogP contribution in [0, 0.1) is 28.6 Å². The quantitative estimate of drug-likeness (QED) is 0.518. The molecular formula is C31H38FNO6. The SMILES string of the molecule is CCC[C@@H]1O[C@@H]2C[C@H]3[C@@H]4C[C@H](F)C5=CC(=O)C=C[C@]5(C)C4[C@@H](O)C[C@]3(C)[C@]2(C(=O)COc2ccc(N)cc2)O1. The van der Waals surface area contributed by atoms with Crippen molar-refractivity contribution in [3.63, 3.8) is 0 Å². The number of benzene rings is 1. The van der Waals surface area contributed by atoms with Crippen LogP contribution in [0.3, 0.4) is 0 Å². The van der Waals surface area contributed by atoms with Crippen LogP contribution in [0.25, 0.3) is 0 Å². The number of nitrogen functional groups attached to an aromatic ring is 1. The lowest BCUT2D eigenvalue weighted by atomic mass is 9.46. The summed E-state index contributed by atoms with van der Waals surface area (Å²) in [5, 5.41) is 11.8. The van der Waals surface area contributed by atoms with Crippen molar-refractivity contribution in [2.24, 2.45) is 28.6 Å². The van der Waals surface area contributed by atoms with Crippen molar-refractivity contribution in [3.05, 3.63) is 48.1 Å². The number of rotatable bonds is 6. The molecule has 5 aliphatic rings. The number of halogens is 1. The fraction of sp³-hybridized carbons (Fsp3) is 0.613. The van der Waals surface area contributed by atoms with Gasteiger partial charge in [-0.1, -0.05) is 33.3 Å². The molecule has 8 heteroatoms. The highest BCUT2D eigenvalue weighted by Crippen LogP contribution is 2.70. The Morgan fingerprint density at radius 1 is 1.23 bits per heavy atom. The van der Waals surface area contributed by atoms with Gasteiger partial charge in [-0.2, -0.15) is 0 Å². The van der Waals surface area contributed by atoms with Crippen LogP contribution in [0.15, 0.2) is 48.1 Å². The molecular weight excluding hydrogens is 501 g/mol. The molecule has 7 nitrogen and oxygen atoms in total. The number of ketones is 2. The Morgan fingerprint density at radius 3 is 2.69 bits per heavy atom. The zero-order valence-electron chi connectivity index (χ0n) is 22.8. The van der Waals surface area contributed by atoms with E-state index in [4.69, 9.17) is 19.9 Å². The number of hydrogen-bond acceptors (Lipinski definition) is 7. The maximum absolute atomic E-state index is 15.8. The van der Waals surface area contributed by atoms with Crippen molar-refractivity contribution in [2.75, 3.05) is 12.3 Å². The molecule has 0 amide bonds. The molecule has 1 saturated heterocycles. The first kappa shape index (κ1) is 26.7. The standard InChI is InChI=1S/C31H38FNO6/c1-4-5-27-38-26-14-21-20-13-23(32)22-12-18(34)10-11-29(22,2)28(20)24(35)15-30(21,3)31(26,39-27)25(36)16-37-19-8-6-17(33)7-9-19/h6-12,20-21,23-24,26-28,35H,4-5,13-16,33H2,1-3H3/t20-,21-,23-,24-,26+,27+,28?,29-,30-,31+/m0/s1. The molecule has 210 valence electrons. The minimum Gasteiger partial charge on any atom is -0.486 e. The molecule has 3 saturated carbocycles. The number of aliphatic hydroxyl groups excluding tert-OH is 1. The van der Waals surface area contributed by atoms with Gasteiger partial charge in [0.15, 0.2) is 17.7 Å². The van der Waals surface area contributed by atoms with Crippen molar-refractivity contribution in [3.8, 4) is 5.75 Å². The number of anilines is 1. The van der Waals surface area contributed by atoms with Crippen molar-refractivity contribution >= 4 is 17.3 Å². The molecule has 39 heavy (non-hydrogen) atoms. The fourth-order valence-corrected chi connectivity index (χ4v) is 8.83. The average Bonchev–Trinajstić information content (AvgIpc) is 3.37. The van der Waals surface area contributed by atoms with Gasteiger partial charge >= 0.3 is 0 Å². The van der Waals surface area contributed by atoms with E-state index < -0.39 is 41.1 Å². The van der Waals surface area contributed by atoms with Crippen molar-refractivity contribution in [1.82, 2.24) is 0 Å². The summed E-state index contributed by atoms with van der Waals surface area (Å²) in [6, 6.07) is 6.86. The molecule has 1 unspecified atom stereocenters. The van der Waals surface area contributed by atoms with E-state index in [1.807, 2.05) is 20.8 Å². The minimum atomic E-state index is -1.31. The summed E-state index contributed by atoms with van der Waals surface area (Å²) in [4.78, 5) is 26.3. The van der Waals surface area contributed by atoms with Crippen LogP contribution in [0.5, 0.6) is 5.75 Å². The Hall–Kier alpha value is -2.55. The van der Waals surface area contributed by atoms with E-state index in [-0.39, 0.29) is 42.3 Å². The molecule has 6 rings (SSSR count). The molecule has 1 aromatic carbocycles. The summed E-state index contributed by atoms with van der Waals surface area (Å²) in [7, 11) is 0. The van der Waals surface area contributed by atoms with Gasteiger partial charge in [-0.05, 0) is 79.5 Å². The molecule has 0 aromatic heterocycles. The van der Waals surface area contributed by atoms with Crippen LogP contribution in [0.1, 0.15) is 52.9 Å². The van der Waals surface area contributed by atoms with Crippen LogP contribution >= 0.6 is 0 Å². The first-order valence-corrected chi connectivity index (χ1v) is 14.2. The van der Waals surface area contributed by atoms with Gasteiger partial charge in [0.2, 0.25) is 5.78 Å². The van der Waals surface area contributed by atoms with Gasteiger partial charge in [0.1, 0.15) is 18.5 Å². The van der Waals surface area contributed by atoms with Gasteiger partial charge in [-0.3, -0.25) is 9.59 Å². The maximum atomic E-state index is 15.8. The third-order valence-electron chi connectivity index (χ3n) is 10.5. The van der Waals surface area contributed by atoms with E-state index >= 15 is 4.39 Å². The second-order valence-corrected chi connectivity index (χ2v) is 12.5. The van der Waals surface area contributed by atoms with E-state index in [1.165, 1.54) is 12.2 Å². The van der Waals surface area contributed by atoms with Gasteiger partial charge < -0.3 is 25.1 Å². The normalized spacial score (nSPS) is 44.2. The van der Waals surface area contributed by atoms with E-state index in [9.17, 15) is 14.7 Å². The number of nitrogens with two attached hydrogens (primary N) is 1. The average molecular weight is 540 g/mol. The van der Waals surface area contributed by atoms with Gasteiger partial charge in [0.05, 0.1) is 12.2 Å². The van der Waals surface area contributed by atoms with Crippen LogP contribution in [-0.4, -0.2) is 53.6 Å². The highest BCUT2D eigenvalue weighted by molar-refractivity contribution is 6.01. The summed E-state index contributed by atoms with van der Waals surface area (Å²) in [6.45, 7) is 5.77. The Labute approximate surface area is 228 Å². The molecule has 1 aromatic rings. The number of alkyl halides is 1. The van der Waals surface area contributed by atoms with Crippen LogP contribution in [0.2, 0.25) is 0 Å². The van der Waals surface area contributed by atoms with Gasteiger partial charge in [-0.15, -0.1) is 0 Å². The summed E-state index contributed by atoms with van der Waals surface area (Å²) in [5.41, 5.74) is 3.98. The van der Waals surface area contributed by atoms with Crippen LogP contribution in [0.4, 0.5) is 10.1 Å². The van der Waals surface area contributed by atoms with Crippen LogP contribution in [-0.2, 0) is 19.1 Å². The lowest BCUT2D eigenvalue weighted by Crippen LogP contribution is -2.64. The fourth-order valence-electron chi connectivity index (χ4n) is 8.83. The molecule has 1 heterocycles. The zero-order valence-corrected chi connectivity index (χ0v) is 22.8. The first-order chi connectivity index (χ1) is 18.5. The Morgan fingerprint density at radius 2 is 1.97 bits per heavy atom. The number of allylic oxidation sites excluding steroid dienone is 4. The second kappa shape index (κ2) is 9.25. The highest BCUT2D eigenvalue weighted by atomic mass is 19.1. The van der Waals surface area contributed by atoms with Gasteiger partial charge in [0, 0.05) is 22.4 Å². The summed E-state index contributed by atoms with van der Waals surface area (Å²) in [5.74, 6) is -0.511. The number of fused-ring (bicyclic) bond motifs is 7. The summed E-state index contributed by atoms with van der Waals surface area (Å²) in [6.07, 6.45) is 4.07. The number of aliphatic hydroxyl groups is 1. The molecule has 0 spiro atoms. The topological polar surface area (TPSA) is 108 Å². The Bertz CT molecular complexity index is 1230. The smallest absolute Gasteiger partial charge is 0.205 e. The van der Waals surface area contributed by atoms with Crippen LogP contribution < -0.4 is 10.5 Å². The predicted molar refractivity (Wildman–Crippen MR) is 142 cm³/mol. The third-order valence-corrected chi connectivity index (χ3v) is 10.5. The lowest BCUT2D eigenvalue weighted by Gasteiger charge is -2.60. The predicted octanol–water partition coefficient (Wildman–Crippen LogP) is 4.33. The molecule has 0 bridgehead atoms. The lowest BCUT2D eigenvalue weighted by molar-refractivity contribution is -0.202. The number of hydrogen-bond donors (Lipinski definition) is 2. The van der Waals surface area contributed by atoms with Crippen molar-refractivity contribution in [2.45, 2.75) is 83.1 Å². The number of carbonyl (C=O) groups excluding carboxylic acids is 2. The highest BCUT2D eigenvalue weighted by Gasteiger charge is 2.76. The van der Waals surface area contributed by atoms with Gasteiger partial charge in [0.25, 0.3) is 0 Å². The zero-order chi connectivity index (χ0) is 27.7. The number of Topliss-reactive ketones (excluding diaryl/α,β-unsaturated/α-hetero) is 1. The van der Waals surface area contributed by atoms with E-state index in [0.717, 1.165) is 6.42 Å². The molecule has 1 aliphatic heterocycles. The largest absolute Gasteiger partial charge is 0.486 e. The third kappa shape index (κ3) is 3.78. The van der Waals surface area contributed by atoms with Gasteiger partial charge in [-0.25, -0.2) is 4.39 Å². The Balaban J connectivity index is 1.36. The molecule has 10 atom stereocenters. The van der Waals surface area contributed by atoms with Crippen molar-refractivity contribution < 1.29 is 33.3 Å². The monoisotopic (exact) mass is 539 g/mol. The maximum Gasteiger partial charge on any atom is 0.205 e. The van der Waals surface area contributed by atoms with E-state index in [0.29, 0.717) is 36.3 Å². The second-order valence-electron chi connectivity index (χ2n) is 12.5. The number of carbonyl (C=O) groups is 2. The summed E-state index contributed by atoms with van der Waals surface area (Å²) < 4.78 is 34.7. The van der Waals surface area contributed by atoms with E-state index in [2.05, 4.69) is 0 Å². The molecule has 0 radical (unpaired) electrons. The van der Waals surface area contributed by atoms with E-state index in [1.54, 1.807) is 30.3 Å². The Kier molecular flexibility index (Phi) is 6.32. The molecule has 3 N–H and O–H groups in total. The molecule has 4 fully saturated rings. The number of ether oxygens (including phenoxy) is 3. The minimum absolute atomic E-state index is 0.110. The summed E-state index contributed by atoms with van der Waals surface area (Å²) >= 11 is 0. The molecule has 4 aliphatic carbocycles.